The van der Waals surface area contributed by atoms with Crippen LogP contribution in [0.1, 0.15) is 19.4 Å². The van der Waals surface area contributed by atoms with E-state index in [1.165, 1.54) is 24.5 Å². The fraction of sp³-hybridized carbons (Fsp3) is 0.261. The molecule has 0 bridgehead atoms. The van der Waals surface area contributed by atoms with E-state index in [9.17, 15) is 14.3 Å². The predicted molar refractivity (Wildman–Crippen MR) is 126 cm³/mol. The number of carbonyl (C=O) groups excluding carboxylic acids is 1. The van der Waals surface area contributed by atoms with Gasteiger partial charge in [0.25, 0.3) is 0 Å². The Bertz CT molecular complexity index is 1170. The van der Waals surface area contributed by atoms with Crippen LogP contribution in [0.5, 0.6) is 0 Å². The maximum absolute atomic E-state index is 14.0. The fourth-order valence-corrected chi connectivity index (χ4v) is 3.24. The number of carbonyl (C=O) groups is 1. The van der Waals surface area contributed by atoms with E-state index in [1.807, 2.05) is 19.0 Å². The molecule has 3 N–H and O–H groups in total. The highest BCUT2D eigenvalue weighted by atomic mass is 35.5. The van der Waals surface area contributed by atoms with Gasteiger partial charge in [-0.1, -0.05) is 17.7 Å². The molecule has 2 aromatic carbocycles. The maximum atomic E-state index is 14.0. The summed E-state index contributed by atoms with van der Waals surface area (Å²) in [6.45, 7) is 3.75. The minimum Gasteiger partial charge on any atom is -0.386 e. The van der Waals surface area contributed by atoms with Gasteiger partial charge in [0, 0.05) is 34.9 Å². The van der Waals surface area contributed by atoms with Gasteiger partial charge in [0.2, 0.25) is 5.91 Å². The molecule has 1 amide bonds. The molecule has 1 heterocycles. The van der Waals surface area contributed by atoms with Crippen LogP contribution in [0.15, 0.2) is 48.8 Å². The molecule has 0 saturated carbocycles. The summed E-state index contributed by atoms with van der Waals surface area (Å²) in [5.41, 5.74) is 0.609. The predicted octanol–water partition coefficient (Wildman–Crippen LogP) is 4.45. The van der Waals surface area contributed by atoms with Gasteiger partial charge in [-0.25, -0.2) is 14.4 Å². The number of fused-ring (bicyclic) bond motifs is 1. The molecule has 32 heavy (non-hydrogen) atoms. The summed E-state index contributed by atoms with van der Waals surface area (Å²) in [5.74, 6) is -0.469. The van der Waals surface area contributed by atoms with Gasteiger partial charge in [-0.3, -0.25) is 4.79 Å². The van der Waals surface area contributed by atoms with Crippen LogP contribution in [-0.2, 0) is 10.4 Å². The van der Waals surface area contributed by atoms with Crippen LogP contribution in [0.25, 0.3) is 10.9 Å². The van der Waals surface area contributed by atoms with Crippen LogP contribution in [0.3, 0.4) is 0 Å². The summed E-state index contributed by atoms with van der Waals surface area (Å²) < 4.78 is 14.0. The topological polar surface area (TPSA) is 90.4 Å². The third kappa shape index (κ3) is 5.79. The number of aromatic nitrogens is 2. The molecule has 0 aliphatic heterocycles. The van der Waals surface area contributed by atoms with Gasteiger partial charge in [-0.05, 0) is 58.3 Å². The van der Waals surface area contributed by atoms with Crippen molar-refractivity contribution < 1.29 is 14.3 Å². The summed E-state index contributed by atoms with van der Waals surface area (Å²) in [7, 11) is 3.83. The highest BCUT2D eigenvalue weighted by molar-refractivity contribution is 6.31. The molecule has 0 atom stereocenters. The van der Waals surface area contributed by atoms with Crippen LogP contribution in [-0.4, -0.2) is 46.5 Å². The Morgan fingerprint density at radius 1 is 1.25 bits per heavy atom. The third-order valence-electron chi connectivity index (χ3n) is 4.62. The van der Waals surface area contributed by atoms with Crippen molar-refractivity contribution in [3.63, 3.8) is 0 Å². The van der Waals surface area contributed by atoms with Gasteiger partial charge < -0.3 is 20.6 Å². The van der Waals surface area contributed by atoms with E-state index in [2.05, 4.69) is 20.6 Å². The second kappa shape index (κ2) is 9.60. The van der Waals surface area contributed by atoms with Gasteiger partial charge in [0.15, 0.2) is 0 Å². The van der Waals surface area contributed by atoms with E-state index >= 15 is 0 Å². The zero-order valence-corrected chi connectivity index (χ0v) is 19.0. The Morgan fingerprint density at radius 2 is 2.00 bits per heavy atom. The van der Waals surface area contributed by atoms with E-state index in [4.69, 9.17) is 11.6 Å². The van der Waals surface area contributed by atoms with Crippen molar-refractivity contribution in [2.45, 2.75) is 19.4 Å². The molecular weight excluding hydrogens is 433 g/mol. The monoisotopic (exact) mass is 457 g/mol. The number of nitrogens with one attached hydrogen (secondary N) is 2. The van der Waals surface area contributed by atoms with Crippen LogP contribution < -0.4 is 10.6 Å². The SMILES string of the molecule is CN(C)CC=CC(=O)Nc1ccc2ncnc(Nc3cc(Cl)c(F)cc3C(C)(C)O)c2c1. The summed E-state index contributed by atoms with van der Waals surface area (Å²) in [6, 6.07) is 7.84. The lowest BCUT2D eigenvalue weighted by Gasteiger charge is -2.23. The second-order valence-electron chi connectivity index (χ2n) is 8.10. The molecule has 9 heteroatoms. The van der Waals surface area contributed by atoms with Gasteiger partial charge in [-0.15, -0.1) is 0 Å². The molecule has 0 aliphatic carbocycles. The smallest absolute Gasteiger partial charge is 0.248 e. The van der Waals surface area contributed by atoms with Crippen LogP contribution >= 0.6 is 11.6 Å². The molecular formula is C23H25ClFN5O2. The number of hydrogen-bond acceptors (Lipinski definition) is 6. The molecule has 0 fully saturated rings. The van der Waals surface area contributed by atoms with Crippen LogP contribution in [0, 0.1) is 5.82 Å². The highest BCUT2D eigenvalue weighted by Crippen LogP contribution is 2.35. The fourth-order valence-electron chi connectivity index (χ4n) is 3.07. The lowest BCUT2D eigenvalue weighted by atomic mass is 9.96. The number of aliphatic hydroxyl groups is 1. The highest BCUT2D eigenvalue weighted by Gasteiger charge is 2.23. The molecule has 7 nitrogen and oxygen atoms in total. The second-order valence-corrected chi connectivity index (χ2v) is 8.51. The Labute approximate surface area is 190 Å². The molecule has 3 rings (SSSR count). The molecule has 3 aromatic rings. The number of amides is 1. The van der Waals surface area contributed by atoms with Gasteiger partial charge in [0.1, 0.15) is 18.0 Å². The first-order chi connectivity index (χ1) is 15.0. The standard InChI is InChI=1S/C23H25ClFN5O2/c1-23(2,32)16-11-18(25)17(24)12-20(16)29-22-15-10-14(7-8-19(15)26-13-27-22)28-21(31)6-5-9-30(3)4/h5-8,10-13,32H,9H2,1-4H3,(H,28,31)(H,26,27,29). The molecule has 168 valence electrons. The quantitative estimate of drug-likeness (QED) is 0.454. The normalized spacial score (nSPS) is 12.0. The number of hydrogen-bond donors (Lipinski definition) is 3. The molecule has 0 aliphatic rings. The molecule has 0 radical (unpaired) electrons. The zero-order valence-electron chi connectivity index (χ0n) is 18.3. The van der Waals surface area contributed by atoms with E-state index in [-0.39, 0.29) is 10.9 Å². The average molecular weight is 458 g/mol. The third-order valence-corrected chi connectivity index (χ3v) is 4.90. The van der Waals surface area contributed by atoms with Crippen molar-refractivity contribution in [1.29, 1.82) is 0 Å². The van der Waals surface area contributed by atoms with Crippen molar-refractivity contribution in [3.05, 3.63) is 65.2 Å². The average Bonchev–Trinajstić information content (AvgIpc) is 2.70. The lowest BCUT2D eigenvalue weighted by Crippen LogP contribution is -2.18. The largest absolute Gasteiger partial charge is 0.386 e. The number of rotatable bonds is 7. The summed E-state index contributed by atoms with van der Waals surface area (Å²) >= 11 is 5.98. The van der Waals surface area contributed by atoms with Gasteiger partial charge >= 0.3 is 0 Å². The first-order valence-electron chi connectivity index (χ1n) is 9.90. The van der Waals surface area contributed by atoms with Crippen LogP contribution in [0.4, 0.5) is 21.6 Å². The van der Waals surface area contributed by atoms with Crippen molar-refractivity contribution in [3.8, 4) is 0 Å². The van der Waals surface area contributed by atoms with Crippen molar-refractivity contribution >= 4 is 45.6 Å². The Morgan fingerprint density at radius 3 is 2.69 bits per heavy atom. The van der Waals surface area contributed by atoms with Crippen molar-refractivity contribution in [2.75, 3.05) is 31.3 Å². The van der Waals surface area contributed by atoms with E-state index in [0.717, 1.165) is 0 Å². The molecule has 0 saturated heterocycles. The summed E-state index contributed by atoms with van der Waals surface area (Å²) in [4.78, 5) is 22.7. The minimum atomic E-state index is -1.32. The minimum absolute atomic E-state index is 0.0867. The number of nitrogens with zero attached hydrogens (tertiary/aromatic N) is 3. The Hall–Kier alpha value is -3.07. The molecule has 0 unspecified atom stereocenters. The Kier molecular flexibility index (Phi) is 7.08. The maximum Gasteiger partial charge on any atom is 0.248 e. The van der Waals surface area contributed by atoms with Gasteiger partial charge in [0.05, 0.1) is 16.1 Å². The lowest BCUT2D eigenvalue weighted by molar-refractivity contribution is -0.111. The number of halogens is 2. The van der Waals surface area contributed by atoms with E-state index in [0.29, 0.717) is 40.2 Å². The van der Waals surface area contributed by atoms with Crippen molar-refractivity contribution in [1.82, 2.24) is 14.9 Å². The first kappa shape index (κ1) is 23.6. The van der Waals surface area contributed by atoms with Crippen LogP contribution in [0.2, 0.25) is 5.02 Å². The summed E-state index contributed by atoms with van der Waals surface area (Å²) in [5, 5.41) is 17.0. The number of anilines is 3. The van der Waals surface area contributed by atoms with E-state index < -0.39 is 11.4 Å². The molecule has 0 spiro atoms. The van der Waals surface area contributed by atoms with Gasteiger partial charge in [-0.2, -0.15) is 0 Å². The number of likely N-dealkylation sites (N-methyl/N-ethyl adjacent to an activating group) is 1. The number of benzene rings is 2. The zero-order chi connectivity index (χ0) is 23.5. The Balaban J connectivity index is 1.95. The molecule has 1 aromatic heterocycles. The summed E-state index contributed by atoms with van der Waals surface area (Å²) in [6.07, 6.45) is 4.63. The van der Waals surface area contributed by atoms with Crippen molar-refractivity contribution in [2.24, 2.45) is 0 Å². The first-order valence-corrected chi connectivity index (χ1v) is 10.3. The van der Waals surface area contributed by atoms with E-state index in [1.54, 1.807) is 38.1 Å².